The van der Waals surface area contributed by atoms with Gasteiger partial charge in [0.25, 0.3) is 0 Å². The average molecular weight is 293 g/mol. The van der Waals surface area contributed by atoms with Gasteiger partial charge < -0.3 is 5.32 Å². The standard InChI is InChI=1S/C18H19N3O/c22-18(16-4-2-1-3-5-16)21-13-14-6-11-20-17(12-14)15-7-9-19-10-8-15/h1-2,6-12,16H,3-5,13H2,(H,21,22)/t16-/m0/s1. The number of aromatic nitrogens is 2. The van der Waals surface area contributed by atoms with Gasteiger partial charge in [0.2, 0.25) is 5.91 Å². The zero-order valence-corrected chi connectivity index (χ0v) is 12.4. The molecule has 3 rings (SSSR count). The van der Waals surface area contributed by atoms with Crippen molar-refractivity contribution in [2.45, 2.75) is 25.8 Å². The maximum absolute atomic E-state index is 12.2. The van der Waals surface area contributed by atoms with Crippen LogP contribution in [0.2, 0.25) is 0 Å². The first-order chi connectivity index (χ1) is 10.8. The lowest BCUT2D eigenvalue weighted by Gasteiger charge is -2.17. The van der Waals surface area contributed by atoms with Gasteiger partial charge in [-0.05, 0) is 49.1 Å². The summed E-state index contributed by atoms with van der Waals surface area (Å²) in [6.45, 7) is 0.541. The highest BCUT2D eigenvalue weighted by molar-refractivity contribution is 5.79. The summed E-state index contributed by atoms with van der Waals surface area (Å²) in [5, 5.41) is 3.03. The second kappa shape index (κ2) is 6.98. The van der Waals surface area contributed by atoms with Crippen molar-refractivity contribution in [2.24, 2.45) is 5.92 Å². The third kappa shape index (κ3) is 3.58. The van der Waals surface area contributed by atoms with E-state index in [1.807, 2.05) is 24.3 Å². The van der Waals surface area contributed by atoms with E-state index in [-0.39, 0.29) is 11.8 Å². The molecule has 4 nitrogen and oxygen atoms in total. The van der Waals surface area contributed by atoms with Crippen LogP contribution in [0.15, 0.2) is 55.0 Å². The van der Waals surface area contributed by atoms with Gasteiger partial charge in [-0.25, -0.2) is 0 Å². The second-order valence-electron chi connectivity index (χ2n) is 5.48. The van der Waals surface area contributed by atoms with E-state index in [4.69, 9.17) is 0 Å². The van der Waals surface area contributed by atoms with Gasteiger partial charge in [0, 0.05) is 36.6 Å². The average Bonchev–Trinajstić information content (AvgIpc) is 2.61. The van der Waals surface area contributed by atoms with Crippen LogP contribution in [0.3, 0.4) is 0 Å². The van der Waals surface area contributed by atoms with E-state index >= 15 is 0 Å². The van der Waals surface area contributed by atoms with Gasteiger partial charge in [-0.3, -0.25) is 14.8 Å². The van der Waals surface area contributed by atoms with Gasteiger partial charge >= 0.3 is 0 Å². The van der Waals surface area contributed by atoms with E-state index in [2.05, 4.69) is 27.4 Å². The Balaban J connectivity index is 1.63. The molecule has 1 aliphatic rings. The van der Waals surface area contributed by atoms with Crippen molar-refractivity contribution in [3.63, 3.8) is 0 Å². The van der Waals surface area contributed by atoms with Gasteiger partial charge in [0.05, 0.1) is 5.69 Å². The fraction of sp³-hybridized carbons (Fsp3) is 0.278. The van der Waals surface area contributed by atoms with Crippen molar-refractivity contribution in [2.75, 3.05) is 0 Å². The molecule has 1 aliphatic carbocycles. The maximum Gasteiger partial charge on any atom is 0.223 e. The smallest absolute Gasteiger partial charge is 0.223 e. The van der Waals surface area contributed by atoms with Crippen molar-refractivity contribution >= 4 is 5.91 Å². The molecule has 0 aromatic carbocycles. The zero-order valence-electron chi connectivity index (χ0n) is 12.4. The molecule has 2 aromatic rings. The number of amides is 1. The molecule has 22 heavy (non-hydrogen) atoms. The molecule has 0 radical (unpaired) electrons. The topological polar surface area (TPSA) is 54.9 Å². The predicted molar refractivity (Wildman–Crippen MR) is 85.8 cm³/mol. The molecule has 1 amide bonds. The van der Waals surface area contributed by atoms with E-state index < -0.39 is 0 Å². The summed E-state index contributed by atoms with van der Waals surface area (Å²) in [5.74, 6) is 0.262. The lowest BCUT2D eigenvalue weighted by molar-refractivity contribution is -0.125. The molecule has 1 atom stereocenters. The Hall–Kier alpha value is -2.49. The molecule has 2 heterocycles. The Bertz CT molecular complexity index is 667. The number of nitrogens with zero attached hydrogens (tertiary/aromatic N) is 2. The van der Waals surface area contributed by atoms with Gasteiger partial charge in [0.15, 0.2) is 0 Å². The maximum atomic E-state index is 12.2. The van der Waals surface area contributed by atoms with Crippen LogP contribution in [-0.2, 0) is 11.3 Å². The molecule has 0 unspecified atom stereocenters. The fourth-order valence-corrected chi connectivity index (χ4v) is 2.63. The van der Waals surface area contributed by atoms with Crippen molar-refractivity contribution in [1.29, 1.82) is 0 Å². The molecular formula is C18H19N3O. The van der Waals surface area contributed by atoms with E-state index in [1.54, 1.807) is 18.6 Å². The summed E-state index contributed by atoms with van der Waals surface area (Å²) in [6, 6.07) is 7.81. The van der Waals surface area contributed by atoms with Crippen LogP contribution in [0.25, 0.3) is 11.3 Å². The molecule has 0 fully saturated rings. The first kappa shape index (κ1) is 14.4. The third-order valence-electron chi connectivity index (χ3n) is 3.91. The van der Waals surface area contributed by atoms with E-state index in [9.17, 15) is 4.79 Å². The van der Waals surface area contributed by atoms with Crippen molar-refractivity contribution in [3.8, 4) is 11.3 Å². The molecule has 4 heteroatoms. The number of allylic oxidation sites excluding steroid dienone is 2. The van der Waals surface area contributed by atoms with Crippen molar-refractivity contribution < 1.29 is 4.79 Å². The fourth-order valence-electron chi connectivity index (χ4n) is 2.63. The summed E-state index contributed by atoms with van der Waals surface area (Å²) >= 11 is 0. The van der Waals surface area contributed by atoms with Crippen LogP contribution in [0.4, 0.5) is 0 Å². The molecule has 0 spiro atoms. The lowest BCUT2D eigenvalue weighted by Crippen LogP contribution is -2.30. The zero-order chi connectivity index (χ0) is 15.2. The Kier molecular flexibility index (Phi) is 4.59. The van der Waals surface area contributed by atoms with Gasteiger partial charge in [-0.1, -0.05) is 12.2 Å². The second-order valence-corrected chi connectivity index (χ2v) is 5.48. The molecule has 0 saturated carbocycles. The predicted octanol–water partition coefficient (Wildman–Crippen LogP) is 3.12. The molecular weight excluding hydrogens is 274 g/mol. The number of carbonyl (C=O) groups excluding carboxylic acids is 1. The lowest BCUT2D eigenvalue weighted by atomic mass is 9.93. The molecule has 1 N–H and O–H groups in total. The number of nitrogens with one attached hydrogen (secondary N) is 1. The summed E-state index contributed by atoms with van der Waals surface area (Å²) in [7, 11) is 0. The van der Waals surface area contributed by atoms with Crippen LogP contribution in [0.1, 0.15) is 24.8 Å². The molecule has 0 saturated heterocycles. The SMILES string of the molecule is O=C(NCc1ccnc(-c2ccncc2)c1)[C@H]1CC=CCC1. The normalized spacial score (nSPS) is 17.2. The van der Waals surface area contributed by atoms with Crippen molar-refractivity contribution in [3.05, 3.63) is 60.6 Å². The number of pyridine rings is 2. The summed E-state index contributed by atoms with van der Waals surface area (Å²) in [6.07, 6.45) is 12.3. The van der Waals surface area contributed by atoms with Crippen molar-refractivity contribution in [1.82, 2.24) is 15.3 Å². The Morgan fingerprint density at radius 1 is 1.18 bits per heavy atom. The first-order valence-corrected chi connectivity index (χ1v) is 7.61. The van der Waals surface area contributed by atoms with Gasteiger partial charge in [-0.15, -0.1) is 0 Å². The van der Waals surface area contributed by atoms with E-state index in [1.165, 1.54) is 0 Å². The highest BCUT2D eigenvalue weighted by atomic mass is 16.1. The number of carbonyl (C=O) groups is 1. The summed E-state index contributed by atoms with van der Waals surface area (Å²) in [4.78, 5) is 20.5. The quantitative estimate of drug-likeness (QED) is 0.881. The summed E-state index contributed by atoms with van der Waals surface area (Å²) < 4.78 is 0. The minimum Gasteiger partial charge on any atom is -0.352 e. The monoisotopic (exact) mass is 293 g/mol. The minimum atomic E-state index is 0.117. The first-order valence-electron chi connectivity index (χ1n) is 7.61. The third-order valence-corrected chi connectivity index (χ3v) is 3.91. The van der Waals surface area contributed by atoms with Crippen LogP contribution in [0.5, 0.6) is 0 Å². The van der Waals surface area contributed by atoms with Crippen LogP contribution < -0.4 is 5.32 Å². The number of rotatable bonds is 4. The molecule has 0 aliphatic heterocycles. The summed E-state index contributed by atoms with van der Waals surface area (Å²) in [5.41, 5.74) is 2.98. The molecule has 0 bridgehead atoms. The van der Waals surface area contributed by atoms with E-state index in [0.717, 1.165) is 36.1 Å². The van der Waals surface area contributed by atoms with Gasteiger partial charge in [0.1, 0.15) is 0 Å². The van der Waals surface area contributed by atoms with Crippen LogP contribution in [-0.4, -0.2) is 15.9 Å². The minimum absolute atomic E-state index is 0.117. The highest BCUT2D eigenvalue weighted by Gasteiger charge is 2.18. The molecule has 112 valence electrons. The highest BCUT2D eigenvalue weighted by Crippen LogP contribution is 2.19. The number of hydrogen-bond acceptors (Lipinski definition) is 3. The Labute approximate surface area is 130 Å². The Morgan fingerprint density at radius 2 is 2.05 bits per heavy atom. The number of hydrogen-bond donors (Lipinski definition) is 1. The largest absolute Gasteiger partial charge is 0.352 e. The van der Waals surface area contributed by atoms with Crippen LogP contribution in [0, 0.1) is 5.92 Å². The van der Waals surface area contributed by atoms with Gasteiger partial charge in [-0.2, -0.15) is 0 Å². The van der Waals surface area contributed by atoms with Crippen LogP contribution >= 0.6 is 0 Å². The van der Waals surface area contributed by atoms with E-state index in [0.29, 0.717) is 6.54 Å². The molecule has 2 aromatic heterocycles. The Morgan fingerprint density at radius 3 is 2.82 bits per heavy atom.